The normalized spacial score (nSPS) is 22.8. The van der Waals surface area contributed by atoms with Crippen molar-refractivity contribution in [3.05, 3.63) is 35.4 Å². The van der Waals surface area contributed by atoms with Crippen molar-refractivity contribution in [3.8, 4) is 0 Å². The number of rotatable bonds is 5. The van der Waals surface area contributed by atoms with Gasteiger partial charge in [-0.2, -0.15) is 0 Å². The second-order valence-electron chi connectivity index (χ2n) is 6.11. The number of sulfone groups is 1. The minimum absolute atomic E-state index is 0.0254. The predicted octanol–water partition coefficient (Wildman–Crippen LogP) is 2.47. The minimum atomic E-state index is -3.06. The monoisotopic (exact) mass is 296 g/mol. The van der Waals surface area contributed by atoms with Gasteiger partial charge in [-0.3, -0.25) is 0 Å². The first-order valence-corrected chi connectivity index (χ1v) is 9.04. The van der Waals surface area contributed by atoms with Gasteiger partial charge in [0.15, 0.2) is 9.84 Å². The Morgan fingerprint density at radius 3 is 2.65 bits per heavy atom. The fraction of sp³-hybridized carbons (Fsp3) is 0.625. The average Bonchev–Trinajstić information content (AvgIpc) is 2.45. The molecule has 0 fully saturated rings. The highest BCUT2D eigenvalue weighted by atomic mass is 32.2. The van der Waals surface area contributed by atoms with Crippen LogP contribution in [0.4, 0.5) is 0 Å². The number of fused-ring (bicyclic) bond motifs is 1. The van der Waals surface area contributed by atoms with E-state index in [1.807, 2.05) is 18.2 Å². The van der Waals surface area contributed by atoms with Gasteiger partial charge in [0, 0.05) is 5.41 Å². The van der Waals surface area contributed by atoms with E-state index in [-0.39, 0.29) is 23.0 Å². The van der Waals surface area contributed by atoms with Crippen molar-refractivity contribution >= 4 is 9.84 Å². The summed E-state index contributed by atoms with van der Waals surface area (Å²) in [4.78, 5) is 0. The van der Waals surface area contributed by atoms with Crippen molar-refractivity contribution in [3.63, 3.8) is 0 Å². The molecule has 1 atom stereocenters. The van der Waals surface area contributed by atoms with E-state index in [9.17, 15) is 13.5 Å². The third-order valence-electron chi connectivity index (χ3n) is 4.58. The number of aliphatic hydroxyl groups is 1. The first-order chi connectivity index (χ1) is 9.41. The molecule has 1 aliphatic carbocycles. The molecule has 4 heteroatoms. The van der Waals surface area contributed by atoms with Crippen LogP contribution in [0.5, 0.6) is 0 Å². The smallest absolute Gasteiger partial charge is 0.152 e. The number of aryl methyl sites for hydroxylation is 1. The highest BCUT2D eigenvalue weighted by Crippen LogP contribution is 2.40. The molecule has 1 aliphatic rings. The van der Waals surface area contributed by atoms with E-state index in [1.165, 1.54) is 5.56 Å². The van der Waals surface area contributed by atoms with Gasteiger partial charge in [-0.05, 0) is 50.7 Å². The Labute approximate surface area is 121 Å². The second-order valence-corrected chi connectivity index (χ2v) is 8.79. The van der Waals surface area contributed by atoms with E-state index in [4.69, 9.17) is 0 Å². The number of benzene rings is 1. The number of aliphatic hydroxyl groups excluding tert-OH is 1. The van der Waals surface area contributed by atoms with Crippen molar-refractivity contribution in [2.24, 2.45) is 0 Å². The van der Waals surface area contributed by atoms with Gasteiger partial charge in [-0.1, -0.05) is 24.3 Å². The Balaban J connectivity index is 2.28. The minimum Gasteiger partial charge on any atom is -0.395 e. The summed E-state index contributed by atoms with van der Waals surface area (Å²) in [5.74, 6) is 0.152. The zero-order valence-electron chi connectivity index (χ0n) is 12.3. The van der Waals surface area contributed by atoms with Gasteiger partial charge in [0.25, 0.3) is 0 Å². The van der Waals surface area contributed by atoms with E-state index < -0.39 is 9.84 Å². The maximum Gasteiger partial charge on any atom is 0.152 e. The lowest BCUT2D eigenvalue weighted by atomic mass is 9.69. The summed E-state index contributed by atoms with van der Waals surface area (Å²) in [6.07, 6.45) is 3.42. The summed E-state index contributed by atoms with van der Waals surface area (Å²) < 4.78 is 24.1. The third kappa shape index (κ3) is 2.91. The van der Waals surface area contributed by atoms with Crippen LogP contribution in [-0.4, -0.2) is 31.1 Å². The van der Waals surface area contributed by atoms with Crippen molar-refractivity contribution in [2.75, 3.05) is 12.4 Å². The van der Waals surface area contributed by atoms with Crippen LogP contribution in [0.2, 0.25) is 0 Å². The topological polar surface area (TPSA) is 54.4 Å². The van der Waals surface area contributed by atoms with Gasteiger partial charge >= 0.3 is 0 Å². The van der Waals surface area contributed by atoms with Gasteiger partial charge in [0.2, 0.25) is 0 Å². The second kappa shape index (κ2) is 5.86. The molecule has 1 aromatic carbocycles. The van der Waals surface area contributed by atoms with Crippen LogP contribution in [0.15, 0.2) is 24.3 Å². The van der Waals surface area contributed by atoms with Gasteiger partial charge in [0.05, 0.1) is 17.6 Å². The lowest BCUT2D eigenvalue weighted by molar-refractivity contribution is 0.170. The van der Waals surface area contributed by atoms with Crippen LogP contribution in [0, 0.1) is 0 Å². The summed E-state index contributed by atoms with van der Waals surface area (Å²) in [7, 11) is -3.06. The van der Waals surface area contributed by atoms with Crippen LogP contribution >= 0.6 is 0 Å². The number of hydrogen-bond donors (Lipinski definition) is 1. The van der Waals surface area contributed by atoms with Crippen LogP contribution in [0.3, 0.4) is 0 Å². The Hall–Kier alpha value is -0.870. The van der Waals surface area contributed by atoms with Gasteiger partial charge < -0.3 is 5.11 Å². The zero-order chi connectivity index (χ0) is 14.8. The van der Waals surface area contributed by atoms with Crippen LogP contribution in [0.25, 0.3) is 0 Å². The van der Waals surface area contributed by atoms with E-state index in [0.29, 0.717) is 6.42 Å². The molecule has 2 rings (SSSR count). The number of hydrogen-bond acceptors (Lipinski definition) is 3. The Morgan fingerprint density at radius 1 is 1.30 bits per heavy atom. The zero-order valence-corrected chi connectivity index (χ0v) is 13.1. The molecular weight excluding hydrogens is 272 g/mol. The summed E-state index contributed by atoms with van der Waals surface area (Å²) in [6, 6.07) is 8.13. The first-order valence-electron chi connectivity index (χ1n) is 7.32. The quantitative estimate of drug-likeness (QED) is 0.908. The molecule has 0 aromatic heterocycles. The fourth-order valence-electron chi connectivity index (χ4n) is 3.08. The Morgan fingerprint density at radius 2 is 2.00 bits per heavy atom. The molecule has 1 unspecified atom stereocenters. The first kappa shape index (κ1) is 15.5. The molecule has 0 radical (unpaired) electrons. The Bertz CT molecular complexity index is 563. The average molecular weight is 296 g/mol. The maximum absolute atomic E-state index is 12.1. The van der Waals surface area contributed by atoms with Crippen LogP contribution < -0.4 is 0 Å². The maximum atomic E-state index is 12.1. The molecule has 0 heterocycles. The SMILES string of the molecule is CC(C)S(=O)(=O)CCC1(CO)CCCc2ccccc21. The standard InChI is InChI=1S/C16H24O3S/c1-13(2)20(18,19)11-10-16(12-17)9-5-7-14-6-3-4-8-15(14)16/h3-4,6,8,13,17H,5,7,9-12H2,1-2H3. The summed E-state index contributed by atoms with van der Waals surface area (Å²) in [5, 5.41) is 9.58. The van der Waals surface area contributed by atoms with E-state index in [1.54, 1.807) is 13.8 Å². The largest absolute Gasteiger partial charge is 0.395 e. The van der Waals surface area contributed by atoms with E-state index in [2.05, 4.69) is 6.07 Å². The summed E-state index contributed by atoms with van der Waals surface area (Å²) >= 11 is 0. The molecule has 0 spiro atoms. The molecule has 0 amide bonds. The molecule has 0 saturated heterocycles. The third-order valence-corrected chi connectivity index (χ3v) is 6.79. The molecule has 0 bridgehead atoms. The van der Waals surface area contributed by atoms with E-state index >= 15 is 0 Å². The molecular formula is C16H24O3S. The van der Waals surface area contributed by atoms with E-state index in [0.717, 1.165) is 24.8 Å². The molecule has 3 nitrogen and oxygen atoms in total. The van der Waals surface area contributed by atoms with Gasteiger partial charge in [-0.25, -0.2) is 8.42 Å². The van der Waals surface area contributed by atoms with Crippen molar-refractivity contribution < 1.29 is 13.5 Å². The highest BCUT2D eigenvalue weighted by molar-refractivity contribution is 7.91. The molecule has 0 saturated carbocycles. The lowest BCUT2D eigenvalue weighted by Crippen LogP contribution is -2.37. The highest BCUT2D eigenvalue weighted by Gasteiger charge is 2.37. The van der Waals surface area contributed by atoms with Gasteiger partial charge in [-0.15, -0.1) is 0 Å². The molecule has 1 aromatic rings. The molecule has 112 valence electrons. The van der Waals surface area contributed by atoms with Gasteiger partial charge in [0.1, 0.15) is 0 Å². The van der Waals surface area contributed by atoms with Crippen molar-refractivity contribution in [2.45, 2.75) is 50.2 Å². The summed E-state index contributed by atoms with van der Waals surface area (Å²) in [5.41, 5.74) is 2.03. The van der Waals surface area contributed by atoms with Crippen LogP contribution in [-0.2, 0) is 21.7 Å². The fourth-order valence-corrected chi connectivity index (χ4v) is 4.23. The summed E-state index contributed by atoms with van der Waals surface area (Å²) in [6.45, 7) is 3.46. The molecule has 0 aliphatic heterocycles. The van der Waals surface area contributed by atoms with Crippen molar-refractivity contribution in [1.29, 1.82) is 0 Å². The van der Waals surface area contributed by atoms with Crippen molar-refractivity contribution in [1.82, 2.24) is 0 Å². The molecule has 20 heavy (non-hydrogen) atoms. The predicted molar refractivity (Wildman–Crippen MR) is 81.7 cm³/mol. The molecule has 1 N–H and O–H groups in total. The Kier molecular flexibility index (Phi) is 4.55. The lowest BCUT2D eigenvalue weighted by Gasteiger charge is -2.38. The van der Waals surface area contributed by atoms with Crippen LogP contribution in [0.1, 0.15) is 44.2 Å².